The van der Waals surface area contributed by atoms with Gasteiger partial charge in [-0.1, -0.05) is 6.92 Å². The molecule has 0 aliphatic heterocycles. The molecule has 0 aromatic carbocycles. The van der Waals surface area contributed by atoms with Crippen molar-refractivity contribution in [1.82, 2.24) is 15.1 Å². The van der Waals surface area contributed by atoms with Crippen LogP contribution in [0.2, 0.25) is 0 Å². The summed E-state index contributed by atoms with van der Waals surface area (Å²) in [5.41, 5.74) is 0.923. The van der Waals surface area contributed by atoms with Crippen molar-refractivity contribution in [2.24, 2.45) is 13.0 Å². The Balaban J connectivity index is 2.28. The maximum atomic E-state index is 11.5. The third kappa shape index (κ3) is 5.14. The van der Waals surface area contributed by atoms with Crippen molar-refractivity contribution in [3.63, 3.8) is 0 Å². The molecule has 1 aromatic rings. The first-order valence-electron chi connectivity index (χ1n) is 5.43. The Labute approximate surface area is 99.6 Å². The standard InChI is InChI=1S/C11H17N3O3/c1-8(4-11(16)17)3-10(15)12-5-9-6-13-14(2)7-9/h6-8H,3-5H2,1-2H3,(H,12,15)(H,16,17). The van der Waals surface area contributed by atoms with E-state index in [1.165, 1.54) is 0 Å². The van der Waals surface area contributed by atoms with E-state index in [1.807, 2.05) is 6.20 Å². The van der Waals surface area contributed by atoms with E-state index in [1.54, 1.807) is 24.9 Å². The number of aromatic nitrogens is 2. The fourth-order valence-electron chi connectivity index (χ4n) is 1.52. The number of hydrogen-bond acceptors (Lipinski definition) is 3. The van der Waals surface area contributed by atoms with E-state index in [4.69, 9.17) is 5.11 Å². The number of carbonyl (C=O) groups excluding carboxylic acids is 1. The molecule has 1 unspecified atom stereocenters. The van der Waals surface area contributed by atoms with Crippen molar-refractivity contribution in [1.29, 1.82) is 0 Å². The van der Waals surface area contributed by atoms with Crippen LogP contribution >= 0.6 is 0 Å². The third-order valence-corrected chi connectivity index (χ3v) is 2.30. The predicted molar refractivity (Wildman–Crippen MR) is 61.1 cm³/mol. The third-order valence-electron chi connectivity index (χ3n) is 2.30. The molecule has 0 bridgehead atoms. The lowest BCUT2D eigenvalue weighted by Gasteiger charge is -2.08. The summed E-state index contributed by atoms with van der Waals surface area (Å²) in [6, 6.07) is 0. The maximum absolute atomic E-state index is 11.5. The van der Waals surface area contributed by atoms with E-state index in [0.717, 1.165) is 5.56 Å². The summed E-state index contributed by atoms with van der Waals surface area (Å²) in [7, 11) is 1.81. The van der Waals surface area contributed by atoms with Gasteiger partial charge in [-0.2, -0.15) is 5.10 Å². The van der Waals surface area contributed by atoms with E-state index >= 15 is 0 Å². The highest BCUT2D eigenvalue weighted by Gasteiger charge is 2.12. The van der Waals surface area contributed by atoms with Crippen LogP contribution in [0.15, 0.2) is 12.4 Å². The first-order valence-corrected chi connectivity index (χ1v) is 5.43. The SMILES string of the molecule is CC(CC(=O)O)CC(=O)NCc1cnn(C)c1. The molecule has 1 atom stereocenters. The van der Waals surface area contributed by atoms with Gasteiger partial charge in [0.1, 0.15) is 0 Å². The quantitative estimate of drug-likeness (QED) is 0.758. The highest BCUT2D eigenvalue weighted by molar-refractivity contribution is 5.77. The van der Waals surface area contributed by atoms with Crippen molar-refractivity contribution in [3.05, 3.63) is 18.0 Å². The minimum absolute atomic E-state index is 0.0142. The number of carboxylic acids is 1. The molecule has 0 saturated heterocycles. The summed E-state index contributed by atoms with van der Waals surface area (Å²) in [4.78, 5) is 21.9. The molecule has 0 saturated carbocycles. The van der Waals surface area contributed by atoms with Crippen molar-refractivity contribution < 1.29 is 14.7 Å². The summed E-state index contributed by atoms with van der Waals surface area (Å²) in [6.07, 6.45) is 3.74. The number of nitrogens with one attached hydrogen (secondary N) is 1. The van der Waals surface area contributed by atoms with E-state index in [2.05, 4.69) is 10.4 Å². The van der Waals surface area contributed by atoms with Gasteiger partial charge < -0.3 is 10.4 Å². The normalized spacial score (nSPS) is 12.1. The van der Waals surface area contributed by atoms with Gasteiger partial charge in [0, 0.05) is 38.2 Å². The summed E-state index contributed by atoms with van der Waals surface area (Å²) in [5.74, 6) is -1.17. The Morgan fingerprint density at radius 1 is 1.53 bits per heavy atom. The number of aliphatic carboxylic acids is 1. The Morgan fingerprint density at radius 2 is 2.24 bits per heavy atom. The van der Waals surface area contributed by atoms with E-state index in [-0.39, 0.29) is 24.7 Å². The average Bonchev–Trinajstić information content (AvgIpc) is 2.59. The maximum Gasteiger partial charge on any atom is 0.303 e. The van der Waals surface area contributed by atoms with Gasteiger partial charge in [0.25, 0.3) is 0 Å². The fraction of sp³-hybridized carbons (Fsp3) is 0.545. The molecule has 1 aromatic heterocycles. The molecule has 0 aliphatic rings. The van der Waals surface area contributed by atoms with Gasteiger partial charge in [0.2, 0.25) is 5.91 Å². The molecule has 0 radical (unpaired) electrons. The minimum Gasteiger partial charge on any atom is -0.481 e. The number of hydrogen-bond donors (Lipinski definition) is 2. The lowest BCUT2D eigenvalue weighted by molar-refractivity contribution is -0.138. The lowest BCUT2D eigenvalue weighted by atomic mass is 10.0. The second kappa shape index (κ2) is 6.03. The van der Waals surface area contributed by atoms with E-state index in [9.17, 15) is 9.59 Å². The van der Waals surface area contributed by atoms with Gasteiger partial charge in [-0.05, 0) is 5.92 Å². The van der Waals surface area contributed by atoms with Gasteiger partial charge in [-0.3, -0.25) is 14.3 Å². The Kier molecular flexibility index (Phi) is 4.68. The smallest absolute Gasteiger partial charge is 0.303 e. The Morgan fingerprint density at radius 3 is 2.76 bits per heavy atom. The molecule has 94 valence electrons. The molecule has 0 spiro atoms. The van der Waals surface area contributed by atoms with Gasteiger partial charge in [0.05, 0.1) is 6.20 Å². The van der Waals surface area contributed by atoms with Crippen LogP contribution in [0.25, 0.3) is 0 Å². The highest BCUT2D eigenvalue weighted by Crippen LogP contribution is 2.07. The molecule has 0 fully saturated rings. The molecule has 0 aliphatic carbocycles. The molecule has 2 N–H and O–H groups in total. The lowest BCUT2D eigenvalue weighted by Crippen LogP contribution is -2.25. The number of nitrogens with zero attached hydrogens (tertiary/aromatic N) is 2. The number of amides is 1. The van der Waals surface area contributed by atoms with Crippen molar-refractivity contribution in [3.8, 4) is 0 Å². The van der Waals surface area contributed by atoms with Gasteiger partial charge in [0.15, 0.2) is 0 Å². The van der Waals surface area contributed by atoms with Gasteiger partial charge >= 0.3 is 5.97 Å². The first kappa shape index (κ1) is 13.2. The molecular weight excluding hydrogens is 222 g/mol. The van der Waals surface area contributed by atoms with Gasteiger partial charge in [-0.25, -0.2) is 0 Å². The summed E-state index contributed by atoms with van der Waals surface area (Å²) < 4.78 is 1.66. The van der Waals surface area contributed by atoms with Gasteiger partial charge in [-0.15, -0.1) is 0 Å². The summed E-state index contributed by atoms with van der Waals surface area (Å²) >= 11 is 0. The number of carbonyl (C=O) groups is 2. The van der Waals surface area contributed by atoms with Crippen LogP contribution in [0.4, 0.5) is 0 Å². The summed E-state index contributed by atoms with van der Waals surface area (Å²) in [5, 5.41) is 15.3. The van der Waals surface area contributed by atoms with Crippen LogP contribution in [-0.4, -0.2) is 26.8 Å². The van der Waals surface area contributed by atoms with Crippen LogP contribution in [0.3, 0.4) is 0 Å². The zero-order chi connectivity index (χ0) is 12.8. The van der Waals surface area contributed by atoms with Crippen molar-refractivity contribution >= 4 is 11.9 Å². The topological polar surface area (TPSA) is 84.2 Å². The Bertz CT molecular complexity index is 400. The number of aryl methyl sites for hydroxylation is 1. The fourth-order valence-corrected chi connectivity index (χ4v) is 1.52. The largest absolute Gasteiger partial charge is 0.481 e. The molecule has 1 heterocycles. The second-order valence-corrected chi connectivity index (χ2v) is 4.21. The highest BCUT2D eigenvalue weighted by atomic mass is 16.4. The summed E-state index contributed by atoms with van der Waals surface area (Å²) in [6.45, 7) is 2.17. The van der Waals surface area contributed by atoms with E-state index < -0.39 is 5.97 Å². The molecular formula is C11H17N3O3. The minimum atomic E-state index is -0.877. The van der Waals surface area contributed by atoms with E-state index in [0.29, 0.717) is 6.54 Å². The zero-order valence-corrected chi connectivity index (χ0v) is 10.0. The molecule has 1 amide bonds. The van der Waals surface area contributed by atoms with Crippen LogP contribution < -0.4 is 5.32 Å². The number of rotatable bonds is 6. The molecule has 1 rings (SSSR count). The molecule has 6 heteroatoms. The number of carboxylic acid groups (broad SMARTS) is 1. The molecule has 6 nitrogen and oxygen atoms in total. The predicted octanol–water partition coefficient (Wildman–Crippen LogP) is 0.537. The van der Waals surface area contributed by atoms with Crippen molar-refractivity contribution in [2.75, 3.05) is 0 Å². The van der Waals surface area contributed by atoms with Crippen LogP contribution in [0.1, 0.15) is 25.3 Å². The van der Waals surface area contributed by atoms with Crippen LogP contribution in [-0.2, 0) is 23.2 Å². The average molecular weight is 239 g/mol. The molecule has 17 heavy (non-hydrogen) atoms. The van der Waals surface area contributed by atoms with Crippen LogP contribution in [0, 0.1) is 5.92 Å². The monoisotopic (exact) mass is 239 g/mol. The second-order valence-electron chi connectivity index (χ2n) is 4.21. The first-order chi connectivity index (χ1) is 7.97. The van der Waals surface area contributed by atoms with Crippen LogP contribution in [0.5, 0.6) is 0 Å². The Hall–Kier alpha value is -1.85. The van der Waals surface area contributed by atoms with Crippen molar-refractivity contribution in [2.45, 2.75) is 26.3 Å². The zero-order valence-electron chi connectivity index (χ0n) is 10.0.